The van der Waals surface area contributed by atoms with Crippen LogP contribution in [-0.4, -0.2) is 24.9 Å². The van der Waals surface area contributed by atoms with E-state index < -0.39 is 27.8 Å². The van der Waals surface area contributed by atoms with E-state index in [4.69, 9.17) is 39.5 Å². The predicted octanol–water partition coefficient (Wildman–Crippen LogP) is 1.27. The number of carboxylic acid groups (broad SMARTS) is 1. The number of benzene rings is 1. The van der Waals surface area contributed by atoms with Crippen LogP contribution in [-0.2, 0) is 9.59 Å². The molecule has 0 fully saturated rings. The lowest BCUT2D eigenvalue weighted by molar-refractivity contribution is -0.255. The molecule has 0 atom stereocenters. The van der Waals surface area contributed by atoms with Gasteiger partial charge in [-0.2, -0.15) is 0 Å². The first-order chi connectivity index (χ1) is 9.79. The number of methoxy groups -OCH3 is 1. The molecule has 1 aromatic rings. The number of hydrogen-bond acceptors (Lipinski definition) is 5. The fourth-order valence-electron chi connectivity index (χ4n) is 1.74. The van der Waals surface area contributed by atoms with Crippen molar-refractivity contribution in [1.82, 2.24) is 0 Å². The van der Waals surface area contributed by atoms with Gasteiger partial charge in [0.25, 0.3) is 11.8 Å². The summed E-state index contributed by atoms with van der Waals surface area (Å²) in [7, 11) is 1.21. The topological polar surface area (TPSA) is 86.7 Å². The van der Waals surface area contributed by atoms with Gasteiger partial charge in [-0.05, 0) is 6.07 Å². The van der Waals surface area contributed by atoms with Crippen molar-refractivity contribution in [3.8, 4) is 5.75 Å². The maximum Gasteiger partial charge on any atom is 0.278 e. The molecule has 0 spiro atoms. The smallest absolute Gasteiger partial charge is 0.278 e. The summed E-state index contributed by atoms with van der Waals surface area (Å²) < 4.78 is 4.88. The van der Waals surface area contributed by atoms with E-state index in [0.29, 0.717) is 4.90 Å². The lowest BCUT2D eigenvalue weighted by Gasteiger charge is -2.19. The molecule has 0 N–H and O–H groups in total. The van der Waals surface area contributed by atoms with E-state index in [1.165, 1.54) is 7.11 Å². The number of nitrogens with zero attached hydrogens (tertiary/aromatic N) is 1. The van der Waals surface area contributed by atoms with Crippen molar-refractivity contribution in [2.45, 2.75) is 0 Å². The summed E-state index contributed by atoms with van der Waals surface area (Å²) in [6.07, 6.45) is 0. The number of halogens is 3. The van der Waals surface area contributed by atoms with Crippen molar-refractivity contribution in [1.29, 1.82) is 0 Å². The molecule has 2 rings (SSSR count). The highest BCUT2D eigenvalue weighted by molar-refractivity contribution is 6.62. The molecule has 1 aromatic carbocycles. The second-order valence-corrected chi connectivity index (χ2v) is 5.03. The van der Waals surface area contributed by atoms with Crippen LogP contribution >= 0.6 is 34.8 Å². The number of amides is 2. The third-order valence-electron chi connectivity index (χ3n) is 2.70. The SMILES string of the molecule is COc1cc(N2C(=O)C(Cl)=C(Cl)C2=O)c(Cl)cc1C(=O)[O-]. The van der Waals surface area contributed by atoms with E-state index in [-0.39, 0.29) is 22.0 Å². The Morgan fingerprint density at radius 2 is 1.67 bits per heavy atom. The molecule has 1 heterocycles. The summed E-state index contributed by atoms with van der Waals surface area (Å²) in [5, 5.41) is 9.89. The number of carbonyl (C=O) groups excluding carboxylic acids is 3. The van der Waals surface area contributed by atoms with Crippen molar-refractivity contribution in [3.05, 3.63) is 32.8 Å². The van der Waals surface area contributed by atoms with Gasteiger partial charge in [0.2, 0.25) is 0 Å². The van der Waals surface area contributed by atoms with Gasteiger partial charge in [-0.1, -0.05) is 34.8 Å². The summed E-state index contributed by atoms with van der Waals surface area (Å²) in [6.45, 7) is 0. The van der Waals surface area contributed by atoms with Crippen molar-refractivity contribution >= 4 is 58.3 Å². The van der Waals surface area contributed by atoms with Crippen LogP contribution in [0.4, 0.5) is 5.69 Å². The van der Waals surface area contributed by atoms with Crippen molar-refractivity contribution in [2.24, 2.45) is 0 Å². The Hall–Kier alpha value is -1.76. The Morgan fingerprint density at radius 1 is 1.14 bits per heavy atom. The third-order valence-corrected chi connectivity index (χ3v) is 3.80. The summed E-state index contributed by atoms with van der Waals surface area (Å²) in [4.78, 5) is 35.4. The average Bonchev–Trinajstić information content (AvgIpc) is 2.63. The van der Waals surface area contributed by atoms with Crippen molar-refractivity contribution < 1.29 is 24.2 Å². The first kappa shape index (κ1) is 15.6. The van der Waals surface area contributed by atoms with Crippen LogP contribution in [0, 0.1) is 0 Å². The van der Waals surface area contributed by atoms with E-state index in [1.54, 1.807) is 0 Å². The number of anilines is 1. The summed E-state index contributed by atoms with van der Waals surface area (Å²) >= 11 is 17.1. The van der Waals surface area contributed by atoms with Crippen LogP contribution in [0.15, 0.2) is 22.2 Å². The van der Waals surface area contributed by atoms with Crippen LogP contribution in [0.1, 0.15) is 10.4 Å². The summed E-state index contributed by atoms with van der Waals surface area (Å²) in [6, 6.07) is 2.12. The zero-order valence-corrected chi connectivity index (χ0v) is 12.5. The van der Waals surface area contributed by atoms with Crippen LogP contribution in [0.2, 0.25) is 5.02 Å². The van der Waals surface area contributed by atoms with Gasteiger partial charge in [-0.15, -0.1) is 0 Å². The lowest BCUT2D eigenvalue weighted by Crippen LogP contribution is -2.31. The van der Waals surface area contributed by atoms with Gasteiger partial charge in [0.15, 0.2) is 0 Å². The second-order valence-electron chi connectivity index (χ2n) is 3.87. The number of imide groups is 1. The summed E-state index contributed by atoms with van der Waals surface area (Å²) in [5.41, 5.74) is -0.419. The van der Waals surface area contributed by atoms with Crippen molar-refractivity contribution in [3.63, 3.8) is 0 Å². The highest BCUT2D eigenvalue weighted by atomic mass is 35.5. The molecular formula is C12H5Cl3NO5-. The molecular weight excluding hydrogens is 344 g/mol. The number of ether oxygens (including phenoxy) is 1. The fourth-order valence-corrected chi connectivity index (χ4v) is 2.32. The normalized spacial score (nSPS) is 15.0. The van der Waals surface area contributed by atoms with Crippen molar-refractivity contribution in [2.75, 3.05) is 12.0 Å². The monoisotopic (exact) mass is 348 g/mol. The van der Waals surface area contributed by atoms with E-state index in [0.717, 1.165) is 12.1 Å². The molecule has 0 saturated carbocycles. The molecule has 6 nitrogen and oxygen atoms in total. The molecule has 0 bridgehead atoms. The molecule has 0 aliphatic carbocycles. The molecule has 1 aliphatic rings. The zero-order chi connectivity index (χ0) is 15.9. The second kappa shape index (κ2) is 5.55. The average molecular weight is 350 g/mol. The van der Waals surface area contributed by atoms with Gasteiger partial charge in [-0.25, -0.2) is 4.90 Å². The molecule has 0 saturated heterocycles. The Morgan fingerprint density at radius 3 is 2.10 bits per heavy atom. The highest BCUT2D eigenvalue weighted by Crippen LogP contribution is 2.38. The van der Waals surface area contributed by atoms with Crippen LogP contribution in [0.3, 0.4) is 0 Å². The Bertz CT molecular complexity index is 689. The maximum atomic E-state index is 11.9. The summed E-state index contributed by atoms with van der Waals surface area (Å²) in [5.74, 6) is -3.38. The molecule has 110 valence electrons. The number of carboxylic acids is 1. The number of carbonyl (C=O) groups is 3. The third kappa shape index (κ3) is 2.46. The minimum atomic E-state index is -1.52. The molecule has 9 heteroatoms. The Kier molecular flexibility index (Phi) is 4.13. The molecule has 21 heavy (non-hydrogen) atoms. The van der Waals surface area contributed by atoms with Crippen LogP contribution in [0.5, 0.6) is 5.75 Å². The van der Waals surface area contributed by atoms with Gasteiger partial charge in [-0.3, -0.25) is 9.59 Å². The lowest BCUT2D eigenvalue weighted by atomic mass is 10.1. The zero-order valence-electron chi connectivity index (χ0n) is 10.3. The largest absolute Gasteiger partial charge is 0.545 e. The molecule has 0 unspecified atom stereocenters. The molecule has 0 aromatic heterocycles. The van der Waals surface area contributed by atoms with E-state index in [1.807, 2.05) is 0 Å². The van der Waals surface area contributed by atoms with Gasteiger partial charge in [0.05, 0.1) is 23.8 Å². The Labute approximate surface area is 133 Å². The Balaban J connectivity index is 2.59. The highest BCUT2D eigenvalue weighted by Gasteiger charge is 2.39. The first-order valence-electron chi connectivity index (χ1n) is 5.32. The van der Waals surface area contributed by atoms with E-state index in [2.05, 4.69) is 0 Å². The molecule has 1 aliphatic heterocycles. The molecule has 0 radical (unpaired) electrons. The minimum Gasteiger partial charge on any atom is -0.545 e. The van der Waals surface area contributed by atoms with Gasteiger partial charge >= 0.3 is 0 Å². The van der Waals surface area contributed by atoms with Crippen LogP contribution < -0.4 is 14.7 Å². The van der Waals surface area contributed by atoms with Gasteiger partial charge in [0.1, 0.15) is 15.8 Å². The molecule has 2 amide bonds. The minimum absolute atomic E-state index is 0.0951. The number of hydrogen-bond donors (Lipinski definition) is 0. The first-order valence-corrected chi connectivity index (χ1v) is 6.46. The van der Waals surface area contributed by atoms with E-state index in [9.17, 15) is 19.5 Å². The van der Waals surface area contributed by atoms with E-state index >= 15 is 0 Å². The van der Waals surface area contributed by atoms with Crippen LogP contribution in [0.25, 0.3) is 0 Å². The van der Waals surface area contributed by atoms with Gasteiger partial charge < -0.3 is 14.6 Å². The fraction of sp³-hybridized carbons (Fsp3) is 0.0833. The maximum absolute atomic E-state index is 11.9. The number of aromatic carboxylic acids is 1. The number of rotatable bonds is 3. The standard InChI is InChI=1S/C12H6Cl3NO5/c1-21-7-3-6(5(13)2-4(7)12(19)20)16-10(17)8(14)9(15)11(16)18/h2-3H,1H3,(H,19,20)/p-1. The van der Waals surface area contributed by atoms with Gasteiger partial charge in [0, 0.05) is 11.6 Å². The quantitative estimate of drug-likeness (QED) is 0.767. The predicted molar refractivity (Wildman–Crippen MR) is 73.6 cm³/mol.